The van der Waals surface area contributed by atoms with Crippen LogP contribution < -0.4 is 20.7 Å². The number of ether oxygens (including phenoxy) is 1. The van der Waals surface area contributed by atoms with Gasteiger partial charge in [0.1, 0.15) is 5.75 Å². The molecule has 4 aromatic rings. The van der Waals surface area contributed by atoms with Crippen molar-refractivity contribution in [2.75, 3.05) is 17.7 Å². The molecule has 0 aliphatic carbocycles. The van der Waals surface area contributed by atoms with E-state index in [9.17, 15) is 9.59 Å². The molecule has 6 nitrogen and oxygen atoms in total. The highest BCUT2D eigenvalue weighted by atomic mass is 79.9. The monoisotopic (exact) mass is 533 g/mol. The summed E-state index contributed by atoms with van der Waals surface area (Å²) in [4.78, 5) is 25.4. The number of rotatable bonds is 5. The lowest BCUT2D eigenvalue weighted by Gasteiger charge is -2.15. The smallest absolute Gasteiger partial charge is 0.261 e. The zero-order valence-corrected chi connectivity index (χ0v) is 20.5. The number of hydrogen-bond acceptors (Lipinski definition) is 4. The van der Waals surface area contributed by atoms with Crippen LogP contribution in [0, 0.1) is 0 Å². The van der Waals surface area contributed by atoms with Crippen molar-refractivity contribution < 1.29 is 14.3 Å². The van der Waals surface area contributed by atoms with E-state index < -0.39 is 5.91 Å². The van der Waals surface area contributed by atoms with Crippen molar-refractivity contribution >= 4 is 67.2 Å². The van der Waals surface area contributed by atoms with Crippen LogP contribution in [0.25, 0.3) is 10.8 Å². The molecule has 0 saturated heterocycles. The number of carbonyl (C=O) groups is 2. The lowest BCUT2D eigenvalue weighted by molar-refractivity contribution is 0.0973. The van der Waals surface area contributed by atoms with Gasteiger partial charge in [-0.25, -0.2) is 0 Å². The summed E-state index contributed by atoms with van der Waals surface area (Å²) in [6.45, 7) is 0. The molecule has 0 unspecified atom stereocenters. The topological polar surface area (TPSA) is 79.5 Å². The van der Waals surface area contributed by atoms with Gasteiger partial charge >= 0.3 is 0 Å². The Kier molecular flexibility index (Phi) is 7.20. The first-order valence-electron chi connectivity index (χ1n) is 10.3. The number of fused-ring (bicyclic) bond motifs is 1. The third-order valence-electron chi connectivity index (χ3n) is 5.03. The summed E-state index contributed by atoms with van der Waals surface area (Å²) in [7, 11) is 1.51. The van der Waals surface area contributed by atoms with Gasteiger partial charge in [0, 0.05) is 16.9 Å². The molecule has 0 aliphatic heterocycles. The van der Waals surface area contributed by atoms with E-state index in [1.54, 1.807) is 54.6 Å². The minimum atomic E-state index is -0.408. The summed E-state index contributed by atoms with van der Waals surface area (Å²) in [5.41, 5.74) is 2.11. The summed E-state index contributed by atoms with van der Waals surface area (Å²) >= 11 is 8.88. The van der Waals surface area contributed by atoms with Gasteiger partial charge in [-0.3, -0.25) is 14.9 Å². The van der Waals surface area contributed by atoms with Crippen LogP contribution in [0.3, 0.4) is 0 Å². The minimum absolute atomic E-state index is 0.114. The first-order chi connectivity index (χ1) is 16.5. The molecule has 0 spiro atoms. The fourth-order valence-corrected chi connectivity index (χ4v) is 4.40. The third kappa shape index (κ3) is 5.24. The molecule has 3 N–H and O–H groups in total. The fourth-order valence-electron chi connectivity index (χ4n) is 3.45. The highest BCUT2D eigenvalue weighted by molar-refractivity contribution is 9.10. The zero-order valence-electron chi connectivity index (χ0n) is 18.1. The second kappa shape index (κ2) is 10.5. The predicted octanol–water partition coefficient (Wildman–Crippen LogP) is 5.99. The second-order valence-corrected chi connectivity index (χ2v) is 8.50. The molecule has 170 valence electrons. The standard InChI is InChI=1S/C26H20BrN3O3S/c1-33-23-21(14-17-10-5-6-13-20(17)22(23)27)25(32)30-26(34)29-19-12-7-11-18(15-19)28-24(31)16-8-3-2-4-9-16/h2-15H,1H3,(H,28,31)(H2,29,30,32,34). The van der Waals surface area contributed by atoms with E-state index in [0.29, 0.717) is 32.7 Å². The van der Waals surface area contributed by atoms with Crippen molar-refractivity contribution in [1.29, 1.82) is 0 Å². The normalized spacial score (nSPS) is 10.4. The van der Waals surface area contributed by atoms with Crippen LogP contribution in [0.5, 0.6) is 5.75 Å². The van der Waals surface area contributed by atoms with E-state index in [1.807, 2.05) is 30.3 Å². The number of hydrogen-bond donors (Lipinski definition) is 3. The Morgan fingerprint density at radius 1 is 0.824 bits per heavy atom. The number of benzene rings is 4. The van der Waals surface area contributed by atoms with Crippen molar-refractivity contribution in [2.24, 2.45) is 0 Å². The molecule has 0 saturated carbocycles. The van der Waals surface area contributed by atoms with Gasteiger partial charge < -0.3 is 15.4 Å². The van der Waals surface area contributed by atoms with Crippen LogP contribution in [0.2, 0.25) is 0 Å². The average molecular weight is 534 g/mol. The first-order valence-corrected chi connectivity index (χ1v) is 11.5. The molecule has 4 rings (SSSR count). The highest BCUT2D eigenvalue weighted by Crippen LogP contribution is 2.36. The largest absolute Gasteiger partial charge is 0.495 e. The molecular weight excluding hydrogens is 514 g/mol. The van der Waals surface area contributed by atoms with Crippen LogP contribution in [-0.4, -0.2) is 24.0 Å². The Morgan fingerprint density at radius 2 is 1.50 bits per heavy atom. The summed E-state index contributed by atoms with van der Waals surface area (Å²) in [6, 6.07) is 25.4. The van der Waals surface area contributed by atoms with Crippen LogP contribution in [0.15, 0.2) is 89.4 Å². The maximum Gasteiger partial charge on any atom is 0.261 e. The van der Waals surface area contributed by atoms with Crippen LogP contribution in [-0.2, 0) is 0 Å². The van der Waals surface area contributed by atoms with E-state index in [1.165, 1.54) is 7.11 Å². The maximum atomic E-state index is 13.0. The fraction of sp³-hybridized carbons (Fsp3) is 0.0385. The van der Waals surface area contributed by atoms with Crippen LogP contribution in [0.1, 0.15) is 20.7 Å². The quantitative estimate of drug-likeness (QED) is 0.274. The van der Waals surface area contributed by atoms with Crippen molar-refractivity contribution in [3.8, 4) is 5.75 Å². The van der Waals surface area contributed by atoms with Gasteiger partial charge in [0.25, 0.3) is 11.8 Å². The van der Waals surface area contributed by atoms with E-state index in [4.69, 9.17) is 17.0 Å². The summed E-state index contributed by atoms with van der Waals surface area (Å²) in [6.07, 6.45) is 0. The Hall–Kier alpha value is -3.75. The molecule has 0 aliphatic rings. The molecule has 2 amide bonds. The Morgan fingerprint density at radius 3 is 2.24 bits per heavy atom. The van der Waals surface area contributed by atoms with Crippen molar-refractivity contribution in [3.63, 3.8) is 0 Å². The number of amides is 2. The Balaban J connectivity index is 1.47. The number of thiocarbonyl (C=S) groups is 1. The van der Waals surface area contributed by atoms with Gasteiger partial charge in [0.2, 0.25) is 0 Å². The van der Waals surface area contributed by atoms with E-state index in [0.717, 1.165) is 10.8 Å². The predicted molar refractivity (Wildman–Crippen MR) is 143 cm³/mol. The second-order valence-electron chi connectivity index (χ2n) is 7.30. The van der Waals surface area contributed by atoms with Gasteiger partial charge in [-0.2, -0.15) is 0 Å². The van der Waals surface area contributed by atoms with Crippen LogP contribution in [0.4, 0.5) is 11.4 Å². The highest BCUT2D eigenvalue weighted by Gasteiger charge is 2.19. The molecule has 0 heterocycles. The van der Waals surface area contributed by atoms with Crippen molar-refractivity contribution in [3.05, 3.63) is 101 Å². The molecule has 0 atom stereocenters. The minimum Gasteiger partial charge on any atom is -0.495 e. The van der Waals surface area contributed by atoms with Gasteiger partial charge in [0.15, 0.2) is 5.11 Å². The molecule has 0 fully saturated rings. The maximum absolute atomic E-state index is 13.0. The first kappa shape index (κ1) is 23.4. The molecule has 0 radical (unpaired) electrons. The van der Waals surface area contributed by atoms with Crippen molar-refractivity contribution in [2.45, 2.75) is 0 Å². The summed E-state index contributed by atoms with van der Waals surface area (Å²) in [5, 5.41) is 10.5. The van der Waals surface area contributed by atoms with Gasteiger partial charge in [-0.1, -0.05) is 48.5 Å². The van der Waals surface area contributed by atoms with Crippen molar-refractivity contribution in [1.82, 2.24) is 5.32 Å². The lowest BCUT2D eigenvalue weighted by atomic mass is 10.1. The molecule has 34 heavy (non-hydrogen) atoms. The number of anilines is 2. The molecular formula is C26H20BrN3O3S. The van der Waals surface area contributed by atoms with Crippen LogP contribution >= 0.6 is 28.1 Å². The van der Waals surface area contributed by atoms with E-state index in [2.05, 4.69) is 31.9 Å². The van der Waals surface area contributed by atoms with Gasteiger partial charge in [0.05, 0.1) is 17.1 Å². The molecule has 0 aromatic heterocycles. The van der Waals surface area contributed by atoms with Gasteiger partial charge in [-0.15, -0.1) is 0 Å². The summed E-state index contributed by atoms with van der Waals surface area (Å²) in [5.74, 6) is -0.207. The molecule has 0 bridgehead atoms. The number of methoxy groups -OCH3 is 1. The Bertz CT molecular complexity index is 1390. The number of nitrogens with one attached hydrogen (secondary N) is 3. The lowest BCUT2D eigenvalue weighted by Crippen LogP contribution is -2.34. The SMILES string of the molecule is COc1c(C(=O)NC(=S)Nc2cccc(NC(=O)c3ccccc3)c2)cc2ccccc2c1Br. The summed E-state index contributed by atoms with van der Waals surface area (Å²) < 4.78 is 6.18. The third-order valence-corrected chi connectivity index (χ3v) is 6.02. The molecule has 8 heteroatoms. The molecule has 4 aromatic carbocycles. The van der Waals surface area contributed by atoms with E-state index >= 15 is 0 Å². The number of halogens is 1. The zero-order chi connectivity index (χ0) is 24.1. The van der Waals surface area contributed by atoms with Gasteiger partial charge in [-0.05, 0) is 75.3 Å². The average Bonchev–Trinajstić information content (AvgIpc) is 2.84. The number of carbonyl (C=O) groups excluding carboxylic acids is 2. The van der Waals surface area contributed by atoms with E-state index in [-0.39, 0.29) is 11.0 Å². The Labute approximate surface area is 210 Å².